The molecule has 1 atom stereocenters. The van der Waals surface area contributed by atoms with Crippen molar-refractivity contribution in [3.8, 4) is 0 Å². The number of hydrogen-bond acceptors (Lipinski definition) is 6. The molecule has 0 aromatic heterocycles. The molecule has 0 radical (unpaired) electrons. The van der Waals surface area contributed by atoms with E-state index in [0.29, 0.717) is 19.3 Å². The summed E-state index contributed by atoms with van der Waals surface area (Å²) in [5, 5.41) is 0. The molecule has 0 aliphatic heterocycles. The summed E-state index contributed by atoms with van der Waals surface area (Å²) in [6.07, 6.45) is 84.8. The Morgan fingerprint density at radius 1 is 0.276 bits per heavy atom. The van der Waals surface area contributed by atoms with Gasteiger partial charge in [-0.25, -0.2) is 0 Å². The molecule has 0 amide bonds. The number of ether oxygens (including phenoxy) is 3. The zero-order chi connectivity index (χ0) is 55.0. The maximum atomic E-state index is 12.8. The number of carbonyl (C=O) groups is 3. The molecule has 0 bridgehead atoms. The van der Waals surface area contributed by atoms with Crippen molar-refractivity contribution in [1.29, 1.82) is 0 Å². The summed E-state index contributed by atoms with van der Waals surface area (Å²) in [5.74, 6) is -0.881. The van der Waals surface area contributed by atoms with Crippen molar-refractivity contribution >= 4 is 17.9 Å². The maximum absolute atomic E-state index is 12.8. The lowest BCUT2D eigenvalue weighted by molar-refractivity contribution is -0.167. The van der Waals surface area contributed by atoms with Gasteiger partial charge in [0.05, 0.1) is 0 Å². The first-order valence-electron chi connectivity index (χ1n) is 32.6. The third-order valence-electron chi connectivity index (χ3n) is 14.1. The van der Waals surface area contributed by atoms with E-state index < -0.39 is 6.10 Å². The Hall–Kier alpha value is -3.41. The fraction of sp³-hybridized carbons (Fsp3) is 0.757. The lowest BCUT2D eigenvalue weighted by Gasteiger charge is -2.18. The van der Waals surface area contributed by atoms with Crippen molar-refractivity contribution in [3.63, 3.8) is 0 Å². The molecule has 1 unspecified atom stereocenters. The van der Waals surface area contributed by atoms with E-state index >= 15 is 0 Å². The molecule has 0 heterocycles. The van der Waals surface area contributed by atoms with Crippen LogP contribution in [-0.4, -0.2) is 37.2 Å². The lowest BCUT2D eigenvalue weighted by atomic mass is 10.0. The van der Waals surface area contributed by atoms with Gasteiger partial charge >= 0.3 is 17.9 Å². The second-order valence-electron chi connectivity index (χ2n) is 21.6. The molecule has 0 fully saturated rings. The van der Waals surface area contributed by atoms with Crippen molar-refractivity contribution < 1.29 is 28.6 Å². The second-order valence-corrected chi connectivity index (χ2v) is 21.6. The van der Waals surface area contributed by atoms with Gasteiger partial charge in [0.2, 0.25) is 0 Å². The van der Waals surface area contributed by atoms with Crippen LogP contribution >= 0.6 is 0 Å². The summed E-state index contributed by atoms with van der Waals surface area (Å²) in [6.45, 7) is 6.48. The van der Waals surface area contributed by atoms with Gasteiger partial charge in [0.25, 0.3) is 0 Å². The Kier molecular flexibility index (Phi) is 61.2. The number of hydrogen-bond donors (Lipinski definition) is 0. The van der Waals surface area contributed by atoms with Gasteiger partial charge in [-0.1, -0.05) is 298 Å². The smallest absolute Gasteiger partial charge is 0.306 e. The molecule has 0 rings (SSSR count). The van der Waals surface area contributed by atoms with Gasteiger partial charge in [0.1, 0.15) is 13.2 Å². The Morgan fingerprint density at radius 3 is 0.842 bits per heavy atom. The van der Waals surface area contributed by atoms with Gasteiger partial charge in [0.15, 0.2) is 6.10 Å². The van der Waals surface area contributed by atoms with Crippen LogP contribution < -0.4 is 0 Å². The van der Waals surface area contributed by atoms with E-state index in [-0.39, 0.29) is 31.1 Å². The normalized spacial score (nSPS) is 12.6. The first kappa shape index (κ1) is 72.6. The van der Waals surface area contributed by atoms with Crippen molar-refractivity contribution in [2.75, 3.05) is 13.2 Å². The van der Waals surface area contributed by atoms with Gasteiger partial charge in [-0.2, -0.15) is 0 Å². The van der Waals surface area contributed by atoms with E-state index in [1.54, 1.807) is 0 Å². The van der Waals surface area contributed by atoms with E-state index in [4.69, 9.17) is 14.2 Å². The molecule has 0 aromatic carbocycles. The van der Waals surface area contributed by atoms with Crippen LogP contribution in [0, 0.1) is 0 Å². The molecule has 0 N–H and O–H groups in total. The third kappa shape index (κ3) is 61.4. The summed E-state index contributed by atoms with van der Waals surface area (Å²) in [5.41, 5.74) is 0. The minimum Gasteiger partial charge on any atom is -0.462 e. The van der Waals surface area contributed by atoms with Gasteiger partial charge in [-0.3, -0.25) is 14.4 Å². The quantitative estimate of drug-likeness (QED) is 0.0261. The predicted molar refractivity (Wildman–Crippen MR) is 330 cm³/mol. The van der Waals surface area contributed by atoms with Crippen molar-refractivity contribution in [1.82, 2.24) is 0 Å². The highest BCUT2D eigenvalue weighted by atomic mass is 16.6. The van der Waals surface area contributed by atoms with E-state index in [1.165, 1.54) is 167 Å². The minimum absolute atomic E-state index is 0.0771. The Morgan fingerprint density at radius 2 is 0.526 bits per heavy atom. The highest BCUT2D eigenvalue weighted by Gasteiger charge is 2.19. The average Bonchev–Trinajstić information content (AvgIpc) is 3.42. The largest absolute Gasteiger partial charge is 0.462 e. The van der Waals surface area contributed by atoms with E-state index in [9.17, 15) is 14.4 Å². The molecular formula is C70H122O6. The number of allylic oxidation sites excluding steroid dienone is 14. The molecule has 0 aliphatic rings. The minimum atomic E-state index is -0.778. The van der Waals surface area contributed by atoms with Gasteiger partial charge in [-0.15, -0.1) is 0 Å². The van der Waals surface area contributed by atoms with Crippen LogP contribution in [-0.2, 0) is 28.6 Å². The SMILES string of the molecule is CC/C=C\C/C=C\C/C=C\C/C=C\C/C=C\CCCCCCCCCCCCCCCCCCCCCC(=O)OCC(COC(=O)CCCCCCCCCCC)OC(=O)CCCCCCC/C=C\C/C=C\CCCC. The van der Waals surface area contributed by atoms with Crippen LogP contribution in [0.25, 0.3) is 0 Å². The highest BCUT2D eigenvalue weighted by Crippen LogP contribution is 2.17. The number of carbonyl (C=O) groups excluding carboxylic acids is 3. The molecule has 0 aromatic rings. The van der Waals surface area contributed by atoms with E-state index in [2.05, 4.69) is 106 Å². The monoisotopic (exact) mass is 1060 g/mol. The second kappa shape index (κ2) is 64.1. The lowest BCUT2D eigenvalue weighted by Crippen LogP contribution is -2.30. The number of unbranched alkanes of at least 4 members (excludes halogenated alkanes) is 34. The van der Waals surface area contributed by atoms with Crippen LogP contribution in [0.1, 0.15) is 323 Å². The van der Waals surface area contributed by atoms with Gasteiger partial charge < -0.3 is 14.2 Å². The summed E-state index contributed by atoms with van der Waals surface area (Å²) < 4.78 is 16.8. The fourth-order valence-corrected chi connectivity index (χ4v) is 9.25. The zero-order valence-electron chi connectivity index (χ0n) is 50.3. The van der Waals surface area contributed by atoms with Crippen LogP contribution in [0.4, 0.5) is 0 Å². The van der Waals surface area contributed by atoms with E-state index in [1.807, 2.05) is 0 Å². The molecule has 76 heavy (non-hydrogen) atoms. The molecule has 0 saturated heterocycles. The van der Waals surface area contributed by atoms with Crippen molar-refractivity contribution in [2.45, 2.75) is 329 Å². The van der Waals surface area contributed by atoms with Crippen molar-refractivity contribution in [2.24, 2.45) is 0 Å². The Labute approximate surface area is 471 Å². The molecule has 6 heteroatoms. The molecule has 0 saturated carbocycles. The third-order valence-corrected chi connectivity index (χ3v) is 14.1. The topological polar surface area (TPSA) is 78.9 Å². The predicted octanol–water partition coefficient (Wildman–Crippen LogP) is 22.3. The molecular weight excluding hydrogens is 937 g/mol. The summed E-state index contributed by atoms with van der Waals surface area (Å²) in [7, 11) is 0. The standard InChI is InChI=1S/C70H122O6/c1-4-7-10-13-16-19-21-23-25-26-27-28-29-30-31-32-33-34-35-36-37-38-39-40-41-42-43-44-45-47-48-51-54-57-60-63-69(72)75-66-67(65-74-68(71)62-59-56-53-50-18-15-12-9-6-3)76-70(73)64-61-58-55-52-49-46-24-22-20-17-14-11-8-5-2/h7,10,14,16-17,19,22-25,27-28,30-31,67H,4-6,8-9,11-13,15,18,20-21,26,29,32-66H2,1-3H3/b10-7-,17-14-,19-16-,24-22-,25-23-,28-27-,31-30-. The molecule has 438 valence electrons. The van der Waals surface area contributed by atoms with Crippen LogP contribution in [0.3, 0.4) is 0 Å². The number of rotatable bonds is 59. The molecule has 0 aliphatic carbocycles. The average molecular weight is 1060 g/mol. The summed E-state index contributed by atoms with van der Waals surface area (Å²) >= 11 is 0. The molecule has 0 spiro atoms. The fourth-order valence-electron chi connectivity index (χ4n) is 9.25. The van der Waals surface area contributed by atoms with Crippen LogP contribution in [0.5, 0.6) is 0 Å². The van der Waals surface area contributed by atoms with Crippen molar-refractivity contribution in [3.05, 3.63) is 85.1 Å². The van der Waals surface area contributed by atoms with Crippen LogP contribution in [0.2, 0.25) is 0 Å². The number of esters is 3. The molecule has 6 nitrogen and oxygen atoms in total. The Balaban J connectivity index is 4.02. The highest BCUT2D eigenvalue weighted by molar-refractivity contribution is 5.71. The maximum Gasteiger partial charge on any atom is 0.306 e. The summed E-state index contributed by atoms with van der Waals surface area (Å²) in [4.78, 5) is 38.1. The van der Waals surface area contributed by atoms with E-state index in [0.717, 1.165) is 116 Å². The first-order chi connectivity index (χ1) is 37.5. The van der Waals surface area contributed by atoms with Crippen LogP contribution in [0.15, 0.2) is 85.1 Å². The van der Waals surface area contributed by atoms with Gasteiger partial charge in [0, 0.05) is 19.3 Å². The Bertz CT molecular complexity index is 1450. The summed E-state index contributed by atoms with van der Waals surface area (Å²) in [6, 6.07) is 0. The first-order valence-corrected chi connectivity index (χ1v) is 32.6. The zero-order valence-corrected chi connectivity index (χ0v) is 50.3. The van der Waals surface area contributed by atoms with Gasteiger partial charge in [-0.05, 0) is 89.9 Å².